The van der Waals surface area contributed by atoms with Crippen molar-refractivity contribution < 1.29 is 14.3 Å². The molecule has 0 fully saturated rings. The van der Waals surface area contributed by atoms with Crippen molar-refractivity contribution in [1.29, 1.82) is 0 Å². The second kappa shape index (κ2) is 5.06. The van der Waals surface area contributed by atoms with Gasteiger partial charge in [-0.2, -0.15) is 0 Å². The summed E-state index contributed by atoms with van der Waals surface area (Å²) in [6.07, 6.45) is -0.723. The highest BCUT2D eigenvalue weighted by Gasteiger charge is 2.13. The fourth-order valence-corrected chi connectivity index (χ4v) is 1.68. The van der Waals surface area contributed by atoms with E-state index >= 15 is 0 Å². The molecule has 1 atom stereocenters. The smallest absolute Gasteiger partial charge is 0.137 e. The summed E-state index contributed by atoms with van der Waals surface area (Å²) in [5.74, 6) is 2.16. The molecule has 1 unspecified atom stereocenters. The molecule has 17 heavy (non-hydrogen) atoms. The van der Waals surface area contributed by atoms with Gasteiger partial charge < -0.3 is 14.3 Å². The number of hydrogen-bond donors (Lipinski definition) is 1. The molecule has 0 aliphatic rings. The number of benzene rings is 1. The number of furan rings is 1. The van der Waals surface area contributed by atoms with Crippen molar-refractivity contribution >= 4 is 0 Å². The average Bonchev–Trinajstić information content (AvgIpc) is 2.76. The van der Waals surface area contributed by atoms with E-state index in [2.05, 4.69) is 0 Å². The van der Waals surface area contributed by atoms with E-state index in [9.17, 15) is 5.11 Å². The standard InChI is InChI=1S/C14H16O3/c1-3-16-12-7-5-11(6-8-12)14(15)13-9-4-10(2)17-13/h4-9,14-15H,3H2,1-2H3. The first-order chi connectivity index (χ1) is 8.20. The Morgan fingerprint density at radius 2 is 1.88 bits per heavy atom. The molecular weight excluding hydrogens is 216 g/mol. The largest absolute Gasteiger partial charge is 0.494 e. The maximum Gasteiger partial charge on any atom is 0.137 e. The Labute approximate surface area is 101 Å². The van der Waals surface area contributed by atoms with Crippen molar-refractivity contribution in [1.82, 2.24) is 0 Å². The van der Waals surface area contributed by atoms with Crippen LogP contribution in [0.15, 0.2) is 40.8 Å². The molecule has 0 spiro atoms. The van der Waals surface area contributed by atoms with E-state index in [1.54, 1.807) is 6.07 Å². The summed E-state index contributed by atoms with van der Waals surface area (Å²) in [6, 6.07) is 11.0. The molecule has 0 aliphatic heterocycles. The van der Waals surface area contributed by atoms with E-state index in [0.29, 0.717) is 12.4 Å². The summed E-state index contributed by atoms with van der Waals surface area (Å²) in [5, 5.41) is 10.1. The normalized spacial score (nSPS) is 12.4. The van der Waals surface area contributed by atoms with Crippen molar-refractivity contribution in [3.8, 4) is 5.75 Å². The van der Waals surface area contributed by atoms with Gasteiger partial charge in [0, 0.05) is 0 Å². The van der Waals surface area contributed by atoms with Crippen LogP contribution in [0.3, 0.4) is 0 Å². The summed E-state index contributed by atoms with van der Waals surface area (Å²) in [6.45, 7) is 4.43. The molecule has 0 aliphatic carbocycles. The van der Waals surface area contributed by atoms with Crippen LogP contribution in [0.25, 0.3) is 0 Å². The van der Waals surface area contributed by atoms with Crippen molar-refractivity contribution in [3.63, 3.8) is 0 Å². The molecule has 0 radical (unpaired) electrons. The molecule has 1 aromatic heterocycles. The maximum absolute atomic E-state index is 10.1. The third-order valence-corrected chi connectivity index (χ3v) is 2.54. The van der Waals surface area contributed by atoms with E-state index in [1.165, 1.54) is 0 Å². The third-order valence-electron chi connectivity index (χ3n) is 2.54. The van der Waals surface area contributed by atoms with Crippen LogP contribution in [0.1, 0.15) is 30.1 Å². The highest BCUT2D eigenvalue weighted by atomic mass is 16.5. The lowest BCUT2D eigenvalue weighted by atomic mass is 10.1. The van der Waals surface area contributed by atoms with E-state index < -0.39 is 6.10 Å². The van der Waals surface area contributed by atoms with Gasteiger partial charge in [0.05, 0.1) is 6.61 Å². The molecule has 2 aromatic rings. The summed E-state index contributed by atoms with van der Waals surface area (Å²) in [5.41, 5.74) is 0.794. The van der Waals surface area contributed by atoms with Crippen LogP contribution in [-0.2, 0) is 0 Å². The molecule has 3 heteroatoms. The number of hydrogen-bond acceptors (Lipinski definition) is 3. The van der Waals surface area contributed by atoms with Crippen LogP contribution < -0.4 is 4.74 Å². The molecule has 0 bridgehead atoms. The Hall–Kier alpha value is -1.74. The van der Waals surface area contributed by atoms with Gasteiger partial charge in [-0.15, -0.1) is 0 Å². The van der Waals surface area contributed by atoms with E-state index in [4.69, 9.17) is 9.15 Å². The number of rotatable bonds is 4. The SMILES string of the molecule is CCOc1ccc(C(O)c2ccc(C)o2)cc1. The van der Waals surface area contributed by atoms with Gasteiger partial charge in [-0.05, 0) is 43.7 Å². The van der Waals surface area contributed by atoms with Gasteiger partial charge in [0.15, 0.2) is 0 Å². The van der Waals surface area contributed by atoms with Crippen molar-refractivity contribution in [2.75, 3.05) is 6.61 Å². The highest BCUT2D eigenvalue weighted by molar-refractivity contribution is 5.31. The molecule has 1 heterocycles. The summed E-state index contributed by atoms with van der Waals surface area (Å²) >= 11 is 0. The summed E-state index contributed by atoms with van der Waals surface area (Å²) in [4.78, 5) is 0. The molecule has 0 saturated heterocycles. The Morgan fingerprint density at radius 3 is 2.41 bits per heavy atom. The average molecular weight is 232 g/mol. The van der Waals surface area contributed by atoms with Crippen LogP contribution in [-0.4, -0.2) is 11.7 Å². The lowest BCUT2D eigenvalue weighted by Crippen LogP contribution is -1.98. The van der Waals surface area contributed by atoms with Gasteiger partial charge in [-0.1, -0.05) is 12.1 Å². The zero-order valence-corrected chi connectivity index (χ0v) is 10.0. The number of ether oxygens (including phenoxy) is 1. The molecule has 0 saturated carbocycles. The molecule has 3 nitrogen and oxygen atoms in total. The van der Waals surface area contributed by atoms with Crippen molar-refractivity contribution in [3.05, 3.63) is 53.5 Å². The van der Waals surface area contributed by atoms with Gasteiger partial charge in [0.1, 0.15) is 23.4 Å². The quantitative estimate of drug-likeness (QED) is 0.880. The minimum absolute atomic E-state index is 0.562. The van der Waals surface area contributed by atoms with Crippen LogP contribution in [0, 0.1) is 6.92 Å². The second-order valence-electron chi connectivity index (χ2n) is 3.85. The van der Waals surface area contributed by atoms with Crippen molar-refractivity contribution in [2.45, 2.75) is 20.0 Å². The summed E-state index contributed by atoms with van der Waals surface area (Å²) in [7, 11) is 0. The molecule has 1 N–H and O–H groups in total. The maximum atomic E-state index is 10.1. The third kappa shape index (κ3) is 2.68. The Kier molecular flexibility index (Phi) is 3.49. The van der Waals surface area contributed by atoms with Crippen LogP contribution in [0.5, 0.6) is 5.75 Å². The number of aliphatic hydroxyl groups is 1. The molecule has 1 aromatic carbocycles. The molecular formula is C14H16O3. The fourth-order valence-electron chi connectivity index (χ4n) is 1.68. The fraction of sp³-hybridized carbons (Fsp3) is 0.286. The predicted octanol–water partition coefficient (Wildman–Crippen LogP) is 3.07. The molecule has 2 rings (SSSR count). The first kappa shape index (κ1) is 11.7. The minimum Gasteiger partial charge on any atom is -0.494 e. The van der Waals surface area contributed by atoms with E-state index in [-0.39, 0.29) is 0 Å². The minimum atomic E-state index is -0.723. The second-order valence-corrected chi connectivity index (χ2v) is 3.85. The highest BCUT2D eigenvalue weighted by Crippen LogP contribution is 2.25. The monoisotopic (exact) mass is 232 g/mol. The zero-order chi connectivity index (χ0) is 12.3. The number of aliphatic hydroxyl groups excluding tert-OH is 1. The van der Waals surface area contributed by atoms with Gasteiger partial charge >= 0.3 is 0 Å². The van der Waals surface area contributed by atoms with Gasteiger partial charge in [-0.3, -0.25) is 0 Å². The zero-order valence-electron chi connectivity index (χ0n) is 10.0. The van der Waals surface area contributed by atoms with E-state index in [1.807, 2.05) is 44.2 Å². The van der Waals surface area contributed by atoms with Crippen LogP contribution >= 0.6 is 0 Å². The topological polar surface area (TPSA) is 42.6 Å². The lowest BCUT2D eigenvalue weighted by molar-refractivity contribution is 0.187. The van der Waals surface area contributed by atoms with Crippen LogP contribution in [0.4, 0.5) is 0 Å². The predicted molar refractivity (Wildman–Crippen MR) is 65.1 cm³/mol. The lowest BCUT2D eigenvalue weighted by Gasteiger charge is -2.09. The molecule has 0 amide bonds. The first-order valence-corrected chi connectivity index (χ1v) is 5.68. The number of aryl methyl sites for hydroxylation is 1. The van der Waals surface area contributed by atoms with Gasteiger partial charge in [0.25, 0.3) is 0 Å². The Balaban J connectivity index is 2.16. The van der Waals surface area contributed by atoms with Gasteiger partial charge in [-0.25, -0.2) is 0 Å². The Bertz CT molecular complexity index is 470. The van der Waals surface area contributed by atoms with Gasteiger partial charge in [0.2, 0.25) is 0 Å². The van der Waals surface area contributed by atoms with Crippen molar-refractivity contribution in [2.24, 2.45) is 0 Å². The molecule has 90 valence electrons. The van der Waals surface area contributed by atoms with Crippen LogP contribution in [0.2, 0.25) is 0 Å². The Morgan fingerprint density at radius 1 is 1.18 bits per heavy atom. The van der Waals surface area contributed by atoms with E-state index in [0.717, 1.165) is 17.1 Å². The first-order valence-electron chi connectivity index (χ1n) is 5.68. The summed E-state index contributed by atoms with van der Waals surface area (Å²) < 4.78 is 10.7.